The van der Waals surface area contributed by atoms with Gasteiger partial charge in [0, 0.05) is 34.9 Å². The molecular formula is C33H30F3N3O4. The second-order valence-corrected chi connectivity index (χ2v) is 10.8. The highest BCUT2D eigenvalue weighted by molar-refractivity contribution is 6.17. The van der Waals surface area contributed by atoms with Crippen molar-refractivity contribution in [1.29, 1.82) is 0 Å². The van der Waals surface area contributed by atoms with Crippen LogP contribution in [-0.4, -0.2) is 46.8 Å². The minimum atomic E-state index is -1.16. The van der Waals surface area contributed by atoms with Crippen LogP contribution < -0.4 is 4.74 Å². The van der Waals surface area contributed by atoms with Gasteiger partial charge < -0.3 is 14.4 Å². The third kappa shape index (κ3) is 5.90. The Balaban J connectivity index is 1.71. The van der Waals surface area contributed by atoms with Gasteiger partial charge in [-0.25, -0.2) is 18.0 Å². The summed E-state index contributed by atoms with van der Waals surface area (Å²) < 4.78 is 54.1. The minimum absolute atomic E-state index is 0.0233. The van der Waals surface area contributed by atoms with E-state index < -0.39 is 34.7 Å². The summed E-state index contributed by atoms with van der Waals surface area (Å²) in [6, 6.07) is 16.3. The van der Waals surface area contributed by atoms with Crippen LogP contribution in [0.15, 0.2) is 72.9 Å². The molecule has 1 aliphatic heterocycles. The van der Waals surface area contributed by atoms with Gasteiger partial charge in [-0.05, 0) is 67.1 Å². The van der Waals surface area contributed by atoms with Crippen molar-refractivity contribution < 1.29 is 32.2 Å². The first-order valence-electron chi connectivity index (χ1n) is 13.7. The Labute approximate surface area is 247 Å². The maximum atomic E-state index is 14.1. The Morgan fingerprint density at radius 3 is 2.28 bits per heavy atom. The zero-order valence-electron chi connectivity index (χ0n) is 24.2. The molecule has 0 bridgehead atoms. The number of esters is 1. The Bertz CT molecular complexity index is 1710. The lowest BCUT2D eigenvalue weighted by molar-refractivity contribution is -0.136. The van der Waals surface area contributed by atoms with E-state index in [-0.39, 0.29) is 24.3 Å². The molecule has 0 fully saturated rings. The predicted octanol–water partition coefficient (Wildman–Crippen LogP) is 6.36. The number of amides is 1. The zero-order valence-corrected chi connectivity index (χ0v) is 24.2. The first-order valence-corrected chi connectivity index (χ1v) is 13.7. The van der Waals surface area contributed by atoms with E-state index in [1.54, 1.807) is 30.8 Å². The zero-order chi connectivity index (χ0) is 30.9. The van der Waals surface area contributed by atoms with Crippen molar-refractivity contribution >= 4 is 17.4 Å². The van der Waals surface area contributed by atoms with Crippen LogP contribution in [0.1, 0.15) is 48.0 Å². The van der Waals surface area contributed by atoms with Gasteiger partial charge in [0.25, 0.3) is 5.91 Å². The summed E-state index contributed by atoms with van der Waals surface area (Å²) in [7, 11) is 1.58. The Morgan fingerprint density at radius 1 is 0.953 bits per heavy atom. The lowest BCUT2D eigenvalue weighted by Gasteiger charge is -2.30. The van der Waals surface area contributed by atoms with Crippen molar-refractivity contribution in [2.45, 2.75) is 32.7 Å². The topological polar surface area (TPSA) is 73.7 Å². The number of fused-ring (bicyclic) bond motifs is 1. The Morgan fingerprint density at radius 2 is 1.65 bits per heavy atom. The number of ether oxygens (including phenoxy) is 2. The molecule has 1 aliphatic rings. The van der Waals surface area contributed by atoms with Gasteiger partial charge in [-0.15, -0.1) is 0 Å². The summed E-state index contributed by atoms with van der Waals surface area (Å²) in [6.45, 7) is 5.90. The first-order chi connectivity index (χ1) is 20.5. The smallest absolute Gasteiger partial charge is 0.341 e. The summed E-state index contributed by atoms with van der Waals surface area (Å²) in [5.74, 6) is -3.29. The number of rotatable bonds is 7. The van der Waals surface area contributed by atoms with Crippen molar-refractivity contribution in [3.63, 3.8) is 0 Å². The van der Waals surface area contributed by atoms with Gasteiger partial charge in [0.2, 0.25) is 0 Å². The number of nitrogens with zero attached hydrogens (tertiary/aromatic N) is 3. The Hall–Kier alpha value is -4.86. The predicted molar refractivity (Wildman–Crippen MR) is 155 cm³/mol. The third-order valence-corrected chi connectivity index (χ3v) is 7.27. The minimum Gasteiger partial charge on any atom is -0.497 e. The van der Waals surface area contributed by atoms with Crippen LogP contribution in [-0.2, 0) is 21.5 Å². The van der Waals surface area contributed by atoms with Gasteiger partial charge in [0.05, 0.1) is 26.0 Å². The van der Waals surface area contributed by atoms with Crippen LogP contribution >= 0.6 is 0 Å². The highest BCUT2D eigenvalue weighted by atomic mass is 19.2. The van der Waals surface area contributed by atoms with Crippen LogP contribution in [0.2, 0.25) is 0 Å². The molecule has 222 valence electrons. The van der Waals surface area contributed by atoms with E-state index in [1.165, 1.54) is 29.3 Å². The summed E-state index contributed by atoms with van der Waals surface area (Å²) in [5, 5.41) is 4.90. The molecule has 0 saturated carbocycles. The number of benzene rings is 3. The van der Waals surface area contributed by atoms with Crippen molar-refractivity contribution in [2.75, 3.05) is 20.3 Å². The van der Waals surface area contributed by atoms with Gasteiger partial charge in [0.1, 0.15) is 22.8 Å². The van der Waals surface area contributed by atoms with Crippen LogP contribution in [0.5, 0.6) is 5.75 Å². The molecule has 0 aliphatic carbocycles. The molecule has 1 aromatic heterocycles. The number of methoxy groups -OCH3 is 1. The van der Waals surface area contributed by atoms with Crippen molar-refractivity contribution in [2.24, 2.45) is 0 Å². The molecule has 2 heterocycles. The van der Waals surface area contributed by atoms with E-state index in [0.717, 1.165) is 17.7 Å². The largest absolute Gasteiger partial charge is 0.497 e. The molecule has 1 amide bonds. The highest BCUT2D eigenvalue weighted by Crippen LogP contribution is 2.42. The number of carbonyl (C=O) groups is 2. The highest BCUT2D eigenvalue weighted by Gasteiger charge is 2.40. The standard InChI is InChI=1S/C33H30F3N3O4/c1-5-43-32(41)25-18-38(31(40)22-10-15-26(35)27(36)16-22)19-33(2,3)28-29(25)37-39(17-20-6-13-24(42-4)14-7-20)30(28)21-8-11-23(34)12-9-21/h6-16,18H,5,17,19H2,1-4H3. The lowest BCUT2D eigenvalue weighted by Crippen LogP contribution is -2.37. The molecule has 10 heteroatoms. The fourth-order valence-corrected chi connectivity index (χ4v) is 5.26. The van der Waals surface area contributed by atoms with Crippen LogP contribution in [0, 0.1) is 17.5 Å². The molecule has 3 aromatic carbocycles. The van der Waals surface area contributed by atoms with Crippen LogP contribution in [0.4, 0.5) is 13.2 Å². The number of halogens is 3. The SMILES string of the molecule is CCOC(=O)C1=CN(C(=O)c2ccc(F)c(F)c2)CC(C)(C)c2c1nn(Cc1ccc(OC)cc1)c2-c1ccc(F)cc1. The fourth-order valence-electron chi connectivity index (χ4n) is 5.26. The van der Waals surface area contributed by atoms with E-state index in [1.807, 2.05) is 38.1 Å². The third-order valence-electron chi connectivity index (χ3n) is 7.27. The van der Waals surface area contributed by atoms with Gasteiger partial charge >= 0.3 is 5.97 Å². The van der Waals surface area contributed by atoms with Crippen molar-refractivity contribution in [3.05, 3.63) is 113 Å². The van der Waals surface area contributed by atoms with E-state index in [2.05, 4.69) is 0 Å². The lowest BCUT2D eigenvalue weighted by atomic mass is 9.80. The van der Waals surface area contributed by atoms with Crippen molar-refractivity contribution in [1.82, 2.24) is 14.7 Å². The van der Waals surface area contributed by atoms with Crippen LogP contribution in [0.3, 0.4) is 0 Å². The molecule has 0 saturated heterocycles. The summed E-state index contributed by atoms with van der Waals surface area (Å²) in [5.41, 5.74) is 2.23. The van der Waals surface area contributed by atoms with E-state index in [4.69, 9.17) is 14.6 Å². The molecule has 0 radical (unpaired) electrons. The normalized spacial score (nSPS) is 14.0. The molecule has 7 nitrogen and oxygen atoms in total. The van der Waals surface area contributed by atoms with Gasteiger partial charge in [-0.1, -0.05) is 26.0 Å². The van der Waals surface area contributed by atoms with E-state index >= 15 is 0 Å². The number of carbonyl (C=O) groups excluding carboxylic acids is 2. The monoisotopic (exact) mass is 589 g/mol. The summed E-state index contributed by atoms with van der Waals surface area (Å²) in [6.07, 6.45) is 1.36. The molecule has 0 unspecified atom stereocenters. The molecule has 0 spiro atoms. The fraction of sp³-hybridized carbons (Fsp3) is 0.242. The summed E-state index contributed by atoms with van der Waals surface area (Å²) >= 11 is 0. The number of hydrogen-bond donors (Lipinski definition) is 0. The average molecular weight is 590 g/mol. The maximum Gasteiger partial charge on any atom is 0.341 e. The maximum absolute atomic E-state index is 14.1. The molecule has 4 aromatic rings. The number of hydrogen-bond acceptors (Lipinski definition) is 5. The van der Waals surface area contributed by atoms with Gasteiger partial charge in [-0.3, -0.25) is 9.48 Å². The van der Waals surface area contributed by atoms with Crippen molar-refractivity contribution in [3.8, 4) is 17.0 Å². The van der Waals surface area contributed by atoms with Gasteiger partial charge in [-0.2, -0.15) is 5.10 Å². The molecule has 0 N–H and O–H groups in total. The van der Waals surface area contributed by atoms with Gasteiger partial charge in [0.15, 0.2) is 11.6 Å². The first kappa shape index (κ1) is 29.6. The molecule has 43 heavy (non-hydrogen) atoms. The summed E-state index contributed by atoms with van der Waals surface area (Å²) in [4.78, 5) is 28.3. The van der Waals surface area contributed by atoms with E-state index in [0.29, 0.717) is 34.8 Å². The molecule has 5 rings (SSSR count). The number of aromatic nitrogens is 2. The average Bonchev–Trinajstić information content (AvgIpc) is 3.31. The quantitative estimate of drug-likeness (QED) is 0.235. The second kappa shape index (κ2) is 11.8. The molecule has 0 atom stereocenters. The molecular weight excluding hydrogens is 559 g/mol. The second-order valence-electron chi connectivity index (χ2n) is 10.8. The van der Waals surface area contributed by atoms with E-state index in [9.17, 15) is 22.8 Å². The Kier molecular flexibility index (Phi) is 8.12. The van der Waals surface area contributed by atoms with Crippen LogP contribution in [0.25, 0.3) is 16.8 Å².